The van der Waals surface area contributed by atoms with E-state index in [2.05, 4.69) is 9.97 Å². The summed E-state index contributed by atoms with van der Waals surface area (Å²) in [5, 5.41) is 11.3. The molecule has 0 amide bonds. The van der Waals surface area contributed by atoms with Crippen molar-refractivity contribution >= 4 is 28.2 Å². The Kier molecular flexibility index (Phi) is 4.18. The Morgan fingerprint density at radius 2 is 2.04 bits per heavy atom. The molecule has 0 spiro atoms. The molecule has 8 heteroatoms. The van der Waals surface area contributed by atoms with Crippen molar-refractivity contribution in [2.75, 3.05) is 0 Å². The number of halogens is 1. The van der Waals surface area contributed by atoms with Crippen LogP contribution in [0.15, 0.2) is 47.3 Å². The zero-order chi connectivity index (χ0) is 17.3. The molecule has 1 atom stereocenters. The average molecular weight is 346 g/mol. The standard InChI is InChI=1S/C16H12ClN3O4/c1-9(24-14-7-6-10(20(22)23)8-12(14)17)15-18-13-5-3-2-4-11(13)16(21)19-15/h2-9H,1H3,(H,18,19,21)/t9-/m1/s1. The van der Waals surface area contributed by atoms with Crippen molar-refractivity contribution in [3.8, 4) is 5.75 Å². The molecular weight excluding hydrogens is 334 g/mol. The van der Waals surface area contributed by atoms with Gasteiger partial charge in [0.15, 0.2) is 11.9 Å². The van der Waals surface area contributed by atoms with Gasteiger partial charge in [0.1, 0.15) is 5.75 Å². The van der Waals surface area contributed by atoms with Crippen molar-refractivity contribution in [1.82, 2.24) is 9.97 Å². The first-order valence-electron chi connectivity index (χ1n) is 7.05. The second-order valence-electron chi connectivity index (χ2n) is 5.10. The van der Waals surface area contributed by atoms with Crippen LogP contribution in [0, 0.1) is 10.1 Å². The van der Waals surface area contributed by atoms with Crippen molar-refractivity contribution in [1.29, 1.82) is 0 Å². The predicted octanol–water partition coefficient (Wildman–Crippen LogP) is 3.62. The Balaban J connectivity index is 1.91. The van der Waals surface area contributed by atoms with Gasteiger partial charge in [0, 0.05) is 12.1 Å². The lowest BCUT2D eigenvalue weighted by atomic mass is 10.2. The summed E-state index contributed by atoms with van der Waals surface area (Å²) < 4.78 is 5.68. The lowest BCUT2D eigenvalue weighted by molar-refractivity contribution is -0.384. The van der Waals surface area contributed by atoms with Gasteiger partial charge in [-0.3, -0.25) is 14.9 Å². The maximum Gasteiger partial charge on any atom is 0.271 e. The molecule has 1 N–H and O–H groups in total. The monoisotopic (exact) mass is 345 g/mol. The van der Waals surface area contributed by atoms with Crippen LogP contribution in [0.1, 0.15) is 18.9 Å². The summed E-state index contributed by atoms with van der Waals surface area (Å²) in [6, 6.07) is 10.9. The normalized spacial score (nSPS) is 12.1. The highest BCUT2D eigenvalue weighted by Gasteiger charge is 2.16. The number of nitro groups is 1. The first kappa shape index (κ1) is 15.9. The van der Waals surface area contributed by atoms with Gasteiger partial charge in [-0.25, -0.2) is 4.98 Å². The Hall–Kier alpha value is -2.93. The van der Waals surface area contributed by atoms with Crippen molar-refractivity contribution in [2.24, 2.45) is 0 Å². The van der Waals surface area contributed by atoms with Gasteiger partial charge in [0.25, 0.3) is 11.2 Å². The molecule has 0 aliphatic rings. The van der Waals surface area contributed by atoms with Crippen molar-refractivity contribution in [3.05, 3.63) is 73.8 Å². The van der Waals surface area contributed by atoms with E-state index >= 15 is 0 Å². The Bertz CT molecular complexity index is 986. The molecule has 1 heterocycles. The number of nitrogens with zero attached hydrogens (tertiary/aromatic N) is 2. The smallest absolute Gasteiger partial charge is 0.271 e. The number of hydrogen-bond donors (Lipinski definition) is 1. The van der Waals surface area contributed by atoms with Crippen molar-refractivity contribution in [2.45, 2.75) is 13.0 Å². The van der Waals surface area contributed by atoms with E-state index in [0.717, 1.165) is 0 Å². The molecule has 122 valence electrons. The Morgan fingerprint density at radius 3 is 2.75 bits per heavy atom. The predicted molar refractivity (Wildman–Crippen MR) is 89.5 cm³/mol. The van der Waals surface area contributed by atoms with Crippen LogP contribution in [0.5, 0.6) is 5.75 Å². The summed E-state index contributed by atoms with van der Waals surface area (Å²) in [7, 11) is 0. The van der Waals surface area contributed by atoms with Crippen LogP contribution < -0.4 is 10.3 Å². The SMILES string of the molecule is C[C@@H](Oc1ccc([N+](=O)[O-])cc1Cl)c1nc2ccccc2c(=O)[nH]1. The zero-order valence-corrected chi connectivity index (χ0v) is 13.3. The number of aromatic nitrogens is 2. The molecule has 0 unspecified atom stereocenters. The Morgan fingerprint density at radius 1 is 1.29 bits per heavy atom. The summed E-state index contributed by atoms with van der Waals surface area (Å²) in [4.78, 5) is 29.3. The van der Waals surface area contributed by atoms with Crippen LogP contribution in [-0.2, 0) is 0 Å². The molecule has 3 rings (SSSR count). The molecule has 3 aromatic rings. The Labute approximate surface area is 141 Å². The van der Waals surface area contributed by atoms with E-state index in [4.69, 9.17) is 16.3 Å². The van der Waals surface area contributed by atoms with Gasteiger partial charge in [-0.15, -0.1) is 0 Å². The molecule has 0 saturated heterocycles. The van der Waals surface area contributed by atoms with E-state index in [9.17, 15) is 14.9 Å². The third-order valence-corrected chi connectivity index (χ3v) is 3.74. The molecule has 2 aromatic carbocycles. The van der Waals surface area contributed by atoms with Gasteiger partial charge in [-0.2, -0.15) is 0 Å². The molecule has 0 bridgehead atoms. The van der Waals surface area contributed by atoms with Crippen LogP contribution in [0.3, 0.4) is 0 Å². The summed E-state index contributed by atoms with van der Waals surface area (Å²) in [5.41, 5.74) is 0.166. The number of aromatic amines is 1. The summed E-state index contributed by atoms with van der Waals surface area (Å²) >= 11 is 6.01. The maximum absolute atomic E-state index is 12.1. The molecule has 7 nitrogen and oxygen atoms in total. The number of para-hydroxylation sites is 1. The molecular formula is C16H12ClN3O4. The fourth-order valence-corrected chi connectivity index (χ4v) is 2.46. The van der Waals surface area contributed by atoms with Crippen LogP contribution in [-0.4, -0.2) is 14.9 Å². The first-order chi connectivity index (χ1) is 11.5. The highest BCUT2D eigenvalue weighted by Crippen LogP contribution is 2.31. The van der Waals surface area contributed by atoms with Crippen LogP contribution in [0.4, 0.5) is 5.69 Å². The quantitative estimate of drug-likeness (QED) is 0.575. The molecule has 1 aromatic heterocycles. The van der Waals surface area contributed by atoms with Crippen molar-refractivity contribution in [3.63, 3.8) is 0 Å². The molecule has 0 fully saturated rings. The fraction of sp³-hybridized carbons (Fsp3) is 0.125. The minimum Gasteiger partial charge on any atom is -0.481 e. The molecule has 0 saturated carbocycles. The number of fused-ring (bicyclic) bond motifs is 1. The van der Waals surface area contributed by atoms with Crippen LogP contribution in [0.25, 0.3) is 10.9 Å². The highest BCUT2D eigenvalue weighted by molar-refractivity contribution is 6.32. The van der Waals surface area contributed by atoms with Gasteiger partial charge in [0.05, 0.1) is 20.8 Å². The molecule has 0 aliphatic heterocycles. The zero-order valence-electron chi connectivity index (χ0n) is 12.5. The minimum atomic E-state index is -0.596. The van der Waals surface area contributed by atoms with E-state index in [0.29, 0.717) is 16.7 Å². The third kappa shape index (κ3) is 3.07. The van der Waals surface area contributed by atoms with E-state index in [-0.39, 0.29) is 22.0 Å². The topological polar surface area (TPSA) is 98.1 Å². The highest BCUT2D eigenvalue weighted by atomic mass is 35.5. The van der Waals surface area contributed by atoms with Gasteiger partial charge >= 0.3 is 0 Å². The van der Waals surface area contributed by atoms with Gasteiger partial charge < -0.3 is 9.72 Å². The van der Waals surface area contributed by atoms with E-state index in [1.54, 1.807) is 31.2 Å². The lowest BCUT2D eigenvalue weighted by Gasteiger charge is -2.15. The third-order valence-electron chi connectivity index (χ3n) is 3.45. The largest absolute Gasteiger partial charge is 0.481 e. The first-order valence-corrected chi connectivity index (χ1v) is 7.43. The fourth-order valence-electron chi connectivity index (χ4n) is 2.24. The van der Waals surface area contributed by atoms with Crippen LogP contribution >= 0.6 is 11.6 Å². The lowest BCUT2D eigenvalue weighted by Crippen LogP contribution is -2.16. The number of benzene rings is 2. The molecule has 0 radical (unpaired) electrons. The number of hydrogen-bond acceptors (Lipinski definition) is 5. The maximum atomic E-state index is 12.1. The number of ether oxygens (including phenoxy) is 1. The van der Waals surface area contributed by atoms with Gasteiger partial charge in [-0.05, 0) is 25.1 Å². The number of nitro benzene ring substituents is 1. The second kappa shape index (κ2) is 6.29. The summed E-state index contributed by atoms with van der Waals surface area (Å²) in [6.07, 6.45) is -0.596. The molecule has 24 heavy (non-hydrogen) atoms. The van der Waals surface area contributed by atoms with Gasteiger partial charge in [-0.1, -0.05) is 23.7 Å². The van der Waals surface area contributed by atoms with Crippen LogP contribution in [0.2, 0.25) is 5.02 Å². The second-order valence-corrected chi connectivity index (χ2v) is 5.51. The van der Waals surface area contributed by atoms with Gasteiger partial charge in [0.2, 0.25) is 0 Å². The average Bonchev–Trinajstić information content (AvgIpc) is 2.56. The van der Waals surface area contributed by atoms with E-state index in [1.165, 1.54) is 18.2 Å². The number of rotatable bonds is 4. The van der Waals surface area contributed by atoms with E-state index < -0.39 is 11.0 Å². The number of non-ortho nitro benzene ring substituents is 1. The van der Waals surface area contributed by atoms with Crippen molar-refractivity contribution < 1.29 is 9.66 Å². The molecule has 0 aliphatic carbocycles. The number of H-pyrrole nitrogens is 1. The number of nitrogens with one attached hydrogen (secondary N) is 1. The summed E-state index contributed by atoms with van der Waals surface area (Å²) in [5.74, 6) is 0.610. The summed E-state index contributed by atoms with van der Waals surface area (Å²) in [6.45, 7) is 1.70. The van der Waals surface area contributed by atoms with E-state index in [1.807, 2.05) is 0 Å². The minimum absolute atomic E-state index is 0.110.